The van der Waals surface area contributed by atoms with Gasteiger partial charge in [0, 0.05) is 24.2 Å². The molecule has 1 fully saturated rings. The molecule has 1 aliphatic rings. The number of hydrogen-bond acceptors (Lipinski definition) is 4. The van der Waals surface area contributed by atoms with Gasteiger partial charge >= 0.3 is 0 Å². The Morgan fingerprint density at radius 2 is 1.88 bits per heavy atom. The molecular formula is C28H35FN4. The second kappa shape index (κ2) is 9.90. The van der Waals surface area contributed by atoms with E-state index < -0.39 is 0 Å². The highest BCUT2D eigenvalue weighted by atomic mass is 19.1. The van der Waals surface area contributed by atoms with Gasteiger partial charge in [0.05, 0.1) is 11.2 Å². The zero-order valence-corrected chi connectivity index (χ0v) is 20.3. The van der Waals surface area contributed by atoms with Gasteiger partial charge in [0.2, 0.25) is 0 Å². The zero-order chi connectivity index (χ0) is 23.5. The molecule has 1 N–H and O–H groups in total. The number of fused-ring (bicyclic) bond motifs is 1. The topological polar surface area (TPSA) is 41.0 Å². The van der Waals surface area contributed by atoms with Crippen molar-refractivity contribution >= 4 is 22.4 Å². The van der Waals surface area contributed by atoms with Crippen molar-refractivity contribution in [2.75, 3.05) is 18.4 Å². The molecule has 5 heteroatoms. The average molecular weight is 447 g/mol. The number of piperidine rings is 1. The molecule has 0 amide bonds. The molecule has 1 saturated heterocycles. The Morgan fingerprint density at radius 3 is 2.58 bits per heavy atom. The van der Waals surface area contributed by atoms with Crippen LogP contribution in [0.3, 0.4) is 0 Å². The van der Waals surface area contributed by atoms with Crippen molar-refractivity contribution in [3.05, 3.63) is 70.9 Å². The maximum absolute atomic E-state index is 14.9. The van der Waals surface area contributed by atoms with Crippen LogP contribution in [0.15, 0.2) is 42.9 Å². The molecule has 0 aliphatic carbocycles. The van der Waals surface area contributed by atoms with Crippen LogP contribution in [0.1, 0.15) is 55.4 Å². The molecule has 0 unspecified atom stereocenters. The van der Waals surface area contributed by atoms with Gasteiger partial charge in [-0.1, -0.05) is 26.5 Å². The van der Waals surface area contributed by atoms with Gasteiger partial charge in [-0.05, 0) is 92.3 Å². The fourth-order valence-electron chi connectivity index (χ4n) is 4.80. The Hall–Kier alpha value is -2.95. The van der Waals surface area contributed by atoms with Crippen LogP contribution in [0, 0.1) is 25.6 Å². The van der Waals surface area contributed by atoms with Crippen LogP contribution in [0.2, 0.25) is 0 Å². The minimum absolute atomic E-state index is 0.229. The predicted molar refractivity (Wildman–Crippen MR) is 136 cm³/mol. The molecule has 4 rings (SSSR count). The minimum Gasteiger partial charge on any atom is -0.375 e. The third-order valence-corrected chi connectivity index (χ3v) is 7.23. The first-order valence-electron chi connectivity index (χ1n) is 12.1. The van der Waals surface area contributed by atoms with E-state index in [4.69, 9.17) is 0 Å². The van der Waals surface area contributed by atoms with Crippen LogP contribution in [0.5, 0.6) is 0 Å². The van der Waals surface area contributed by atoms with Crippen molar-refractivity contribution in [2.45, 2.75) is 59.8 Å². The molecule has 0 atom stereocenters. The molecule has 33 heavy (non-hydrogen) atoms. The summed E-state index contributed by atoms with van der Waals surface area (Å²) in [6, 6.07) is 8.13. The number of hydrogen-bond donors (Lipinski definition) is 1. The number of nitrogens with one attached hydrogen (secondary N) is 1. The monoisotopic (exact) mass is 446 g/mol. The number of likely N-dealkylation sites (tertiary alicyclic amines) is 1. The van der Waals surface area contributed by atoms with Gasteiger partial charge in [-0.3, -0.25) is 0 Å². The Balaban J connectivity index is 1.62. The number of rotatable bonds is 7. The highest BCUT2D eigenvalue weighted by molar-refractivity contribution is 5.91. The lowest BCUT2D eigenvalue weighted by Crippen LogP contribution is -2.33. The summed E-state index contributed by atoms with van der Waals surface area (Å²) >= 11 is 0. The molecule has 0 bridgehead atoms. The van der Waals surface area contributed by atoms with E-state index in [1.165, 1.54) is 29.7 Å². The number of allylic oxidation sites excluding steroid dienone is 1. The number of aromatic nitrogens is 2. The Labute approximate surface area is 196 Å². The molecule has 1 aliphatic heterocycles. The molecule has 0 spiro atoms. The molecule has 0 radical (unpaired) electrons. The lowest BCUT2D eigenvalue weighted by Gasteiger charge is -2.35. The average Bonchev–Trinajstić information content (AvgIpc) is 2.84. The Bertz CT molecular complexity index is 1160. The van der Waals surface area contributed by atoms with E-state index in [0.29, 0.717) is 23.0 Å². The normalized spacial score (nSPS) is 14.6. The maximum Gasteiger partial charge on any atom is 0.149 e. The number of halogens is 1. The summed E-state index contributed by atoms with van der Waals surface area (Å²) < 4.78 is 14.9. The van der Waals surface area contributed by atoms with Crippen molar-refractivity contribution in [1.29, 1.82) is 0 Å². The number of benzene rings is 2. The summed E-state index contributed by atoms with van der Waals surface area (Å²) in [4.78, 5) is 11.4. The molecule has 0 saturated carbocycles. The predicted octanol–water partition coefficient (Wildman–Crippen LogP) is 6.87. The van der Waals surface area contributed by atoms with Crippen molar-refractivity contribution in [2.24, 2.45) is 5.92 Å². The Morgan fingerprint density at radius 1 is 1.12 bits per heavy atom. The summed E-state index contributed by atoms with van der Waals surface area (Å²) in [6.45, 7) is 14.5. The standard InChI is InChI=1S/C28H35FN4/c1-6-19(4)33-12-10-21(11-13-33)14-23-15-24-26(16-22(23)7-2)30-17-31-28(24)32-25-9-8-18(3)20(5)27(25)29/h8-9,15-17,21H,4,6-7,10-14H2,1-3,5H3,(H,30,31,32). The van der Waals surface area contributed by atoms with E-state index in [1.807, 2.05) is 13.0 Å². The SMILES string of the molecule is C=C(CC)N1CCC(Cc2cc3c(Nc4ccc(C)c(C)c4F)ncnc3cc2CC)CC1. The third-order valence-electron chi connectivity index (χ3n) is 7.23. The van der Waals surface area contributed by atoms with Crippen molar-refractivity contribution in [3.63, 3.8) is 0 Å². The number of nitrogens with zero attached hydrogens (tertiary/aromatic N) is 3. The van der Waals surface area contributed by atoms with E-state index >= 15 is 0 Å². The van der Waals surface area contributed by atoms with Crippen molar-refractivity contribution in [3.8, 4) is 0 Å². The summed E-state index contributed by atoms with van der Waals surface area (Å²) in [5.74, 6) is 1.08. The highest BCUT2D eigenvalue weighted by Crippen LogP contribution is 2.31. The highest BCUT2D eigenvalue weighted by Gasteiger charge is 2.21. The summed E-state index contributed by atoms with van der Waals surface area (Å²) in [5.41, 5.74) is 6.88. The first-order valence-corrected chi connectivity index (χ1v) is 12.1. The first-order chi connectivity index (χ1) is 15.9. The summed E-state index contributed by atoms with van der Waals surface area (Å²) in [7, 11) is 0. The summed E-state index contributed by atoms with van der Waals surface area (Å²) in [5, 5.41) is 4.18. The molecule has 1 aromatic heterocycles. The van der Waals surface area contributed by atoms with E-state index in [-0.39, 0.29) is 5.82 Å². The van der Waals surface area contributed by atoms with E-state index in [9.17, 15) is 4.39 Å². The quantitative estimate of drug-likeness (QED) is 0.430. The van der Waals surface area contributed by atoms with E-state index in [2.05, 4.69) is 52.7 Å². The molecule has 4 nitrogen and oxygen atoms in total. The second-order valence-electron chi connectivity index (χ2n) is 9.26. The largest absolute Gasteiger partial charge is 0.375 e. The van der Waals surface area contributed by atoms with Gasteiger partial charge in [-0.15, -0.1) is 0 Å². The van der Waals surface area contributed by atoms with Crippen LogP contribution in [0.25, 0.3) is 10.9 Å². The van der Waals surface area contributed by atoms with Gasteiger partial charge in [0.1, 0.15) is 18.0 Å². The van der Waals surface area contributed by atoms with Gasteiger partial charge < -0.3 is 10.2 Å². The van der Waals surface area contributed by atoms with Gasteiger partial charge in [0.25, 0.3) is 0 Å². The van der Waals surface area contributed by atoms with E-state index in [0.717, 1.165) is 48.8 Å². The minimum atomic E-state index is -0.229. The molecule has 174 valence electrons. The van der Waals surface area contributed by atoms with Crippen LogP contribution in [0.4, 0.5) is 15.9 Å². The molecule has 2 heterocycles. The summed E-state index contributed by atoms with van der Waals surface area (Å²) in [6.07, 6.45) is 6.97. The van der Waals surface area contributed by atoms with Crippen molar-refractivity contribution in [1.82, 2.24) is 14.9 Å². The zero-order valence-electron chi connectivity index (χ0n) is 20.3. The van der Waals surface area contributed by atoms with E-state index in [1.54, 1.807) is 19.3 Å². The number of anilines is 2. The number of aryl methyl sites for hydroxylation is 2. The second-order valence-corrected chi connectivity index (χ2v) is 9.26. The lowest BCUT2D eigenvalue weighted by molar-refractivity contribution is 0.222. The smallest absolute Gasteiger partial charge is 0.149 e. The fourth-order valence-corrected chi connectivity index (χ4v) is 4.80. The van der Waals surface area contributed by atoms with Crippen LogP contribution >= 0.6 is 0 Å². The maximum atomic E-state index is 14.9. The fraction of sp³-hybridized carbons (Fsp3) is 0.429. The Kier molecular flexibility index (Phi) is 6.96. The lowest BCUT2D eigenvalue weighted by atomic mass is 9.87. The third kappa shape index (κ3) is 4.87. The van der Waals surface area contributed by atoms with Crippen LogP contribution in [-0.4, -0.2) is 28.0 Å². The van der Waals surface area contributed by atoms with Gasteiger partial charge in [0.15, 0.2) is 0 Å². The molecular weight excluding hydrogens is 411 g/mol. The molecule has 2 aromatic carbocycles. The first kappa shape index (κ1) is 23.2. The van der Waals surface area contributed by atoms with Crippen molar-refractivity contribution < 1.29 is 4.39 Å². The van der Waals surface area contributed by atoms with Crippen LogP contribution < -0.4 is 5.32 Å². The van der Waals surface area contributed by atoms with Crippen LogP contribution in [-0.2, 0) is 12.8 Å². The molecule has 3 aromatic rings. The van der Waals surface area contributed by atoms with Gasteiger partial charge in [-0.2, -0.15) is 0 Å². The van der Waals surface area contributed by atoms with Gasteiger partial charge in [-0.25, -0.2) is 14.4 Å².